The Labute approximate surface area is 112 Å². The number of hydrogen-bond acceptors (Lipinski definition) is 3. The van der Waals surface area contributed by atoms with Gasteiger partial charge in [0.05, 0.1) is 6.20 Å². The molecule has 0 bridgehead atoms. The van der Waals surface area contributed by atoms with E-state index >= 15 is 0 Å². The third-order valence-electron chi connectivity index (χ3n) is 2.80. The van der Waals surface area contributed by atoms with Gasteiger partial charge in [0.25, 0.3) is 5.91 Å². The Morgan fingerprint density at radius 3 is 2.32 bits per heavy atom. The highest BCUT2D eigenvalue weighted by molar-refractivity contribution is 6.02. The van der Waals surface area contributed by atoms with Gasteiger partial charge in [-0.2, -0.15) is 0 Å². The molecule has 0 fully saturated rings. The maximum Gasteiger partial charge on any atom is 0.275 e. The van der Waals surface area contributed by atoms with E-state index in [0.717, 1.165) is 5.69 Å². The van der Waals surface area contributed by atoms with Crippen molar-refractivity contribution in [2.45, 2.75) is 26.2 Å². The van der Waals surface area contributed by atoms with Crippen molar-refractivity contribution in [2.24, 2.45) is 0 Å². The molecule has 0 unspecified atom stereocenters. The third kappa shape index (κ3) is 3.37. The van der Waals surface area contributed by atoms with Crippen LogP contribution in [0.4, 0.5) is 5.69 Å². The van der Waals surface area contributed by atoms with E-state index in [2.05, 4.69) is 36.1 Å². The van der Waals surface area contributed by atoms with Gasteiger partial charge < -0.3 is 5.32 Å². The van der Waals surface area contributed by atoms with E-state index in [1.807, 2.05) is 24.3 Å². The lowest BCUT2D eigenvalue weighted by Crippen LogP contribution is -2.14. The number of carbonyl (C=O) groups is 1. The molecule has 0 aliphatic rings. The molecule has 0 saturated heterocycles. The summed E-state index contributed by atoms with van der Waals surface area (Å²) in [6, 6.07) is 7.84. The number of rotatable bonds is 2. The number of nitrogens with zero attached hydrogens (tertiary/aromatic N) is 2. The predicted octanol–water partition coefficient (Wildman–Crippen LogP) is 3.03. The van der Waals surface area contributed by atoms with Crippen LogP contribution in [0.15, 0.2) is 42.9 Å². The Morgan fingerprint density at radius 1 is 1.11 bits per heavy atom. The van der Waals surface area contributed by atoms with Crippen LogP contribution in [0, 0.1) is 0 Å². The van der Waals surface area contributed by atoms with Gasteiger partial charge in [-0.25, -0.2) is 4.98 Å². The van der Waals surface area contributed by atoms with E-state index in [-0.39, 0.29) is 11.3 Å². The number of anilines is 1. The van der Waals surface area contributed by atoms with Crippen molar-refractivity contribution in [3.8, 4) is 0 Å². The zero-order valence-corrected chi connectivity index (χ0v) is 11.3. The molecule has 1 amide bonds. The molecule has 0 aliphatic carbocycles. The smallest absolute Gasteiger partial charge is 0.275 e. The van der Waals surface area contributed by atoms with Gasteiger partial charge in [0.1, 0.15) is 5.69 Å². The molecular weight excluding hydrogens is 238 g/mol. The third-order valence-corrected chi connectivity index (χ3v) is 2.80. The minimum absolute atomic E-state index is 0.105. The average Bonchev–Trinajstić information content (AvgIpc) is 2.39. The first-order valence-electron chi connectivity index (χ1n) is 6.15. The highest BCUT2D eigenvalue weighted by Gasteiger charge is 2.13. The molecule has 0 radical (unpaired) electrons. The van der Waals surface area contributed by atoms with Crippen LogP contribution in [0.5, 0.6) is 0 Å². The second-order valence-corrected chi connectivity index (χ2v) is 5.37. The number of carbonyl (C=O) groups excluding carboxylic acids is 1. The van der Waals surface area contributed by atoms with Crippen LogP contribution >= 0.6 is 0 Å². The fraction of sp³-hybridized carbons (Fsp3) is 0.267. The molecule has 1 heterocycles. The summed E-state index contributed by atoms with van der Waals surface area (Å²) in [5, 5.41) is 2.80. The molecule has 19 heavy (non-hydrogen) atoms. The first kappa shape index (κ1) is 13.2. The normalized spacial score (nSPS) is 11.1. The first-order chi connectivity index (χ1) is 8.97. The number of benzene rings is 1. The van der Waals surface area contributed by atoms with E-state index in [1.165, 1.54) is 24.2 Å². The summed E-state index contributed by atoms with van der Waals surface area (Å²) in [7, 11) is 0. The zero-order valence-electron chi connectivity index (χ0n) is 11.3. The number of nitrogens with one attached hydrogen (secondary N) is 1. The summed E-state index contributed by atoms with van der Waals surface area (Å²) < 4.78 is 0. The maximum atomic E-state index is 11.9. The second-order valence-electron chi connectivity index (χ2n) is 5.37. The summed E-state index contributed by atoms with van der Waals surface area (Å²) in [5.74, 6) is -0.253. The van der Waals surface area contributed by atoms with Crippen LogP contribution in [0.25, 0.3) is 0 Å². The molecule has 98 valence electrons. The van der Waals surface area contributed by atoms with Crippen LogP contribution in [-0.4, -0.2) is 15.9 Å². The number of amides is 1. The van der Waals surface area contributed by atoms with Crippen LogP contribution in [0.1, 0.15) is 36.8 Å². The Balaban J connectivity index is 2.10. The summed E-state index contributed by atoms with van der Waals surface area (Å²) in [6.45, 7) is 6.46. The Morgan fingerprint density at radius 2 is 1.79 bits per heavy atom. The zero-order chi connectivity index (χ0) is 13.9. The molecule has 4 heteroatoms. The van der Waals surface area contributed by atoms with Gasteiger partial charge in [0.15, 0.2) is 0 Å². The van der Waals surface area contributed by atoms with Gasteiger partial charge >= 0.3 is 0 Å². The molecule has 2 rings (SSSR count). The minimum atomic E-state index is -0.253. The molecule has 0 spiro atoms. The summed E-state index contributed by atoms with van der Waals surface area (Å²) >= 11 is 0. The largest absolute Gasteiger partial charge is 0.321 e. The summed E-state index contributed by atoms with van der Waals surface area (Å²) in [5.41, 5.74) is 2.39. The SMILES string of the molecule is CC(C)(C)c1ccc(NC(=O)c2cnccn2)cc1. The fourth-order valence-electron chi connectivity index (χ4n) is 1.67. The van der Waals surface area contributed by atoms with E-state index < -0.39 is 0 Å². The summed E-state index contributed by atoms with van der Waals surface area (Å²) in [4.78, 5) is 19.7. The lowest BCUT2D eigenvalue weighted by Gasteiger charge is -2.19. The molecule has 0 saturated carbocycles. The molecule has 1 aromatic heterocycles. The minimum Gasteiger partial charge on any atom is -0.321 e. The van der Waals surface area contributed by atoms with Gasteiger partial charge in [0, 0.05) is 18.1 Å². The second kappa shape index (κ2) is 5.18. The lowest BCUT2D eigenvalue weighted by molar-refractivity contribution is 0.102. The van der Waals surface area contributed by atoms with Crippen LogP contribution in [-0.2, 0) is 5.41 Å². The van der Waals surface area contributed by atoms with E-state index in [9.17, 15) is 4.79 Å². The molecule has 0 atom stereocenters. The Kier molecular flexibility index (Phi) is 3.60. The molecule has 0 aliphatic heterocycles. The van der Waals surface area contributed by atoms with Crippen molar-refractivity contribution < 1.29 is 4.79 Å². The standard InChI is InChI=1S/C15H17N3O/c1-15(2,3)11-4-6-12(7-5-11)18-14(19)13-10-16-8-9-17-13/h4-10H,1-3H3,(H,18,19). The Hall–Kier alpha value is -2.23. The molecule has 1 aromatic carbocycles. The Bertz CT molecular complexity index is 556. The van der Waals surface area contributed by atoms with Gasteiger partial charge in [-0.05, 0) is 23.1 Å². The maximum absolute atomic E-state index is 11.9. The quantitative estimate of drug-likeness (QED) is 0.897. The van der Waals surface area contributed by atoms with Gasteiger partial charge in [-0.3, -0.25) is 9.78 Å². The highest BCUT2D eigenvalue weighted by Crippen LogP contribution is 2.23. The van der Waals surface area contributed by atoms with Crippen LogP contribution in [0.2, 0.25) is 0 Å². The fourth-order valence-corrected chi connectivity index (χ4v) is 1.67. The van der Waals surface area contributed by atoms with E-state index in [4.69, 9.17) is 0 Å². The van der Waals surface area contributed by atoms with Crippen molar-refractivity contribution in [3.63, 3.8) is 0 Å². The van der Waals surface area contributed by atoms with Gasteiger partial charge in [-0.1, -0.05) is 32.9 Å². The lowest BCUT2D eigenvalue weighted by atomic mass is 9.87. The van der Waals surface area contributed by atoms with Gasteiger partial charge in [0.2, 0.25) is 0 Å². The van der Waals surface area contributed by atoms with Gasteiger partial charge in [-0.15, -0.1) is 0 Å². The highest BCUT2D eigenvalue weighted by atomic mass is 16.1. The van der Waals surface area contributed by atoms with Crippen molar-refractivity contribution in [1.29, 1.82) is 0 Å². The van der Waals surface area contributed by atoms with Crippen molar-refractivity contribution >= 4 is 11.6 Å². The molecule has 2 aromatic rings. The monoisotopic (exact) mass is 255 g/mol. The topological polar surface area (TPSA) is 54.9 Å². The summed E-state index contributed by atoms with van der Waals surface area (Å²) in [6.07, 6.45) is 4.48. The van der Waals surface area contributed by atoms with E-state index in [1.54, 1.807) is 0 Å². The number of hydrogen-bond donors (Lipinski definition) is 1. The average molecular weight is 255 g/mol. The van der Waals surface area contributed by atoms with E-state index in [0.29, 0.717) is 5.69 Å². The van der Waals surface area contributed by atoms with Crippen molar-refractivity contribution in [3.05, 3.63) is 54.1 Å². The van der Waals surface area contributed by atoms with Crippen molar-refractivity contribution in [2.75, 3.05) is 5.32 Å². The van der Waals surface area contributed by atoms with Crippen LogP contribution < -0.4 is 5.32 Å². The van der Waals surface area contributed by atoms with Crippen molar-refractivity contribution in [1.82, 2.24) is 9.97 Å². The predicted molar refractivity (Wildman–Crippen MR) is 75.1 cm³/mol. The van der Waals surface area contributed by atoms with Crippen LogP contribution in [0.3, 0.4) is 0 Å². The molecule has 1 N–H and O–H groups in total. The first-order valence-corrected chi connectivity index (χ1v) is 6.15. The molecular formula is C15H17N3O. The number of aromatic nitrogens is 2. The molecule has 4 nitrogen and oxygen atoms in total.